The molecule has 4 heteroatoms. The van der Waals surface area contributed by atoms with Gasteiger partial charge in [0.25, 0.3) is 0 Å². The number of esters is 1. The Balaban J connectivity index is 2.22. The average Bonchev–Trinajstić information content (AvgIpc) is 2.46. The van der Waals surface area contributed by atoms with Crippen LogP contribution >= 0.6 is 11.6 Å². The van der Waals surface area contributed by atoms with Crippen molar-refractivity contribution < 1.29 is 9.53 Å². The Morgan fingerprint density at radius 1 is 1.35 bits per heavy atom. The molecule has 1 aromatic rings. The van der Waals surface area contributed by atoms with Crippen molar-refractivity contribution in [1.29, 1.82) is 0 Å². The lowest BCUT2D eigenvalue weighted by Crippen LogP contribution is -2.46. The normalized spacial score (nSPS) is 23.9. The van der Waals surface area contributed by atoms with Gasteiger partial charge in [-0.2, -0.15) is 0 Å². The molecule has 0 aromatic heterocycles. The van der Waals surface area contributed by atoms with Crippen molar-refractivity contribution in [3.8, 4) is 0 Å². The average molecular weight is 296 g/mol. The van der Waals surface area contributed by atoms with Gasteiger partial charge in [0.05, 0.1) is 13.0 Å². The van der Waals surface area contributed by atoms with Gasteiger partial charge < -0.3 is 9.64 Å². The molecule has 1 unspecified atom stereocenters. The van der Waals surface area contributed by atoms with Gasteiger partial charge in [0.15, 0.2) is 0 Å². The molecule has 3 nitrogen and oxygen atoms in total. The van der Waals surface area contributed by atoms with Gasteiger partial charge in [-0.15, -0.1) is 0 Å². The van der Waals surface area contributed by atoms with Gasteiger partial charge in [-0.1, -0.05) is 23.7 Å². The highest BCUT2D eigenvalue weighted by molar-refractivity contribution is 6.30. The van der Waals surface area contributed by atoms with Crippen molar-refractivity contribution in [2.45, 2.75) is 32.2 Å². The Morgan fingerprint density at radius 2 is 2.00 bits per heavy atom. The first-order chi connectivity index (χ1) is 9.52. The Bertz CT molecular complexity index is 458. The molecule has 110 valence electrons. The largest absolute Gasteiger partial charge is 0.469 e. The fourth-order valence-corrected chi connectivity index (χ4v) is 3.07. The number of piperidine rings is 1. The summed E-state index contributed by atoms with van der Waals surface area (Å²) in [5.41, 5.74) is 1.17. The highest BCUT2D eigenvalue weighted by atomic mass is 35.5. The Morgan fingerprint density at radius 3 is 2.55 bits per heavy atom. The van der Waals surface area contributed by atoms with Crippen LogP contribution < -0.4 is 0 Å². The molecule has 1 heterocycles. The van der Waals surface area contributed by atoms with Crippen LogP contribution in [0.1, 0.15) is 31.7 Å². The number of ether oxygens (including phenoxy) is 1. The standard InChI is InChI=1S/C16H22ClNO2/c1-11(2)18-9-8-14(15(10-18)16(19)20-3)12-4-6-13(17)7-5-12/h4-7,11,14-15H,8-10H2,1-3H3/t14-,15?/m1/s1. The van der Waals surface area contributed by atoms with Crippen LogP contribution in [0.15, 0.2) is 24.3 Å². The van der Waals surface area contributed by atoms with Crippen LogP contribution in [0.4, 0.5) is 0 Å². The lowest BCUT2D eigenvalue weighted by atomic mass is 9.80. The van der Waals surface area contributed by atoms with Gasteiger partial charge in [-0.05, 0) is 50.4 Å². The third-order valence-corrected chi connectivity index (χ3v) is 4.43. The van der Waals surface area contributed by atoms with Crippen LogP contribution in [0.2, 0.25) is 5.02 Å². The molecule has 1 fully saturated rings. The first kappa shape index (κ1) is 15.3. The number of halogens is 1. The molecular weight excluding hydrogens is 274 g/mol. The minimum Gasteiger partial charge on any atom is -0.469 e. The minimum atomic E-state index is -0.115. The molecule has 2 rings (SSSR count). The van der Waals surface area contributed by atoms with E-state index in [4.69, 9.17) is 16.3 Å². The molecule has 20 heavy (non-hydrogen) atoms. The van der Waals surface area contributed by atoms with Gasteiger partial charge in [-0.25, -0.2) is 0 Å². The number of rotatable bonds is 3. The molecular formula is C16H22ClNO2. The monoisotopic (exact) mass is 295 g/mol. The zero-order valence-electron chi connectivity index (χ0n) is 12.3. The number of benzene rings is 1. The summed E-state index contributed by atoms with van der Waals surface area (Å²) < 4.78 is 5.00. The van der Waals surface area contributed by atoms with E-state index in [-0.39, 0.29) is 17.8 Å². The van der Waals surface area contributed by atoms with Crippen molar-refractivity contribution in [3.63, 3.8) is 0 Å². The van der Waals surface area contributed by atoms with E-state index in [1.807, 2.05) is 24.3 Å². The minimum absolute atomic E-state index is 0.0997. The number of nitrogens with zero attached hydrogens (tertiary/aromatic N) is 1. The Hall–Kier alpha value is -1.06. The number of carbonyl (C=O) groups is 1. The summed E-state index contributed by atoms with van der Waals surface area (Å²) >= 11 is 5.94. The Labute approximate surface area is 125 Å². The predicted molar refractivity (Wildman–Crippen MR) is 81.0 cm³/mol. The molecule has 1 aliphatic heterocycles. The summed E-state index contributed by atoms with van der Waals surface area (Å²) in [7, 11) is 1.47. The van der Waals surface area contributed by atoms with Crippen molar-refractivity contribution in [3.05, 3.63) is 34.9 Å². The first-order valence-corrected chi connectivity index (χ1v) is 7.48. The van der Waals surface area contributed by atoms with Crippen molar-refractivity contribution in [2.24, 2.45) is 5.92 Å². The molecule has 0 radical (unpaired) electrons. The van der Waals surface area contributed by atoms with E-state index in [0.29, 0.717) is 6.04 Å². The zero-order chi connectivity index (χ0) is 14.7. The zero-order valence-corrected chi connectivity index (χ0v) is 13.1. The second kappa shape index (κ2) is 6.59. The van der Waals surface area contributed by atoms with E-state index >= 15 is 0 Å². The Kier molecular flexibility index (Phi) is 5.06. The number of likely N-dealkylation sites (tertiary alicyclic amines) is 1. The molecule has 0 aliphatic carbocycles. The quantitative estimate of drug-likeness (QED) is 0.801. The highest BCUT2D eigenvalue weighted by Gasteiger charge is 2.36. The van der Waals surface area contributed by atoms with E-state index < -0.39 is 0 Å². The number of hydrogen-bond donors (Lipinski definition) is 0. The molecule has 0 amide bonds. The molecule has 2 atom stereocenters. The van der Waals surface area contributed by atoms with E-state index in [2.05, 4.69) is 18.7 Å². The number of hydrogen-bond acceptors (Lipinski definition) is 3. The van der Waals surface area contributed by atoms with Gasteiger partial charge in [0.1, 0.15) is 0 Å². The van der Waals surface area contributed by atoms with Gasteiger partial charge in [-0.3, -0.25) is 4.79 Å². The van der Waals surface area contributed by atoms with E-state index in [1.54, 1.807) is 0 Å². The van der Waals surface area contributed by atoms with E-state index in [0.717, 1.165) is 24.5 Å². The fourth-order valence-electron chi connectivity index (χ4n) is 2.95. The predicted octanol–water partition coefficient (Wildman–Crippen LogP) is 3.33. The van der Waals surface area contributed by atoms with Gasteiger partial charge in [0, 0.05) is 17.6 Å². The van der Waals surface area contributed by atoms with Gasteiger partial charge >= 0.3 is 5.97 Å². The van der Waals surface area contributed by atoms with E-state index in [1.165, 1.54) is 12.7 Å². The third kappa shape index (κ3) is 3.33. The lowest BCUT2D eigenvalue weighted by Gasteiger charge is -2.39. The van der Waals surface area contributed by atoms with Crippen LogP contribution in [0, 0.1) is 5.92 Å². The van der Waals surface area contributed by atoms with Crippen LogP contribution in [0.25, 0.3) is 0 Å². The molecule has 1 aliphatic rings. The second-order valence-corrected chi connectivity index (χ2v) is 6.10. The van der Waals surface area contributed by atoms with Crippen molar-refractivity contribution in [2.75, 3.05) is 20.2 Å². The first-order valence-electron chi connectivity index (χ1n) is 7.10. The topological polar surface area (TPSA) is 29.5 Å². The molecule has 0 spiro atoms. The summed E-state index contributed by atoms with van der Waals surface area (Å²) in [5.74, 6) is 0.00217. The second-order valence-electron chi connectivity index (χ2n) is 5.67. The number of methoxy groups -OCH3 is 1. The highest BCUT2D eigenvalue weighted by Crippen LogP contribution is 2.35. The smallest absolute Gasteiger partial charge is 0.310 e. The van der Waals surface area contributed by atoms with Crippen LogP contribution in [-0.4, -0.2) is 37.1 Å². The maximum absolute atomic E-state index is 12.1. The summed E-state index contributed by atoms with van der Waals surface area (Å²) in [5, 5.41) is 0.725. The fraction of sp³-hybridized carbons (Fsp3) is 0.562. The summed E-state index contributed by atoms with van der Waals surface area (Å²) in [4.78, 5) is 14.5. The summed E-state index contributed by atoms with van der Waals surface area (Å²) in [6.45, 7) is 6.10. The molecule has 0 N–H and O–H groups in total. The third-order valence-electron chi connectivity index (χ3n) is 4.18. The summed E-state index contributed by atoms with van der Waals surface area (Å²) in [6, 6.07) is 8.27. The van der Waals surface area contributed by atoms with Crippen LogP contribution in [-0.2, 0) is 9.53 Å². The maximum atomic E-state index is 12.1. The molecule has 1 aromatic carbocycles. The van der Waals surface area contributed by atoms with Crippen molar-refractivity contribution in [1.82, 2.24) is 4.90 Å². The van der Waals surface area contributed by atoms with Gasteiger partial charge in [0.2, 0.25) is 0 Å². The number of carbonyl (C=O) groups excluding carboxylic acids is 1. The van der Waals surface area contributed by atoms with Crippen LogP contribution in [0.5, 0.6) is 0 Å². The SMILES string of the molecule is COC(=O)C1CN(C(C)C)CC[C@@H]1c1ccc(Cl)cc1. The van der Waals surface area contributed by atoms with E-state index in [9.17, 15) is 4.79 Å². The molecule has 0 bridgehead atoms. The summed E-state index contributed by atoms with van der Waals surface area (Å²) in [6.07, 6.45) is 0.972. The van der Waals surface area contributed by atoms with Crippen LogP contribution in [0.3, 0.4) is 0 Å². The molecule has 1 saturated heterocycles. The molecule has 0 saturated carbocycles. The maximum Gasteiger partial charge on any atom is 0.310 e. The van der Waals surface area contributed by atoms with Crippen molar-refractivity contribution >= 4 is 17.6 Å². The lowest BCUT2D eigenvalue weighted by molar-refractivity contribution is -0.148.